The molecule has 1 heterocycles. The molecule has 5 nitrogen and oxygen atoms in total. The number of aromatic nitrogens is 1. The van der Waals surface area contributed by atoms with Gasteiger partial charge in [-0.05, 0) is 60.2 Å². The highest BCUT2D eigenvalue weighted by atomic mass is 19.3. The zero-order chi connectivity index (χ0) is 23.3. The van der Waals surface area contributed by atoms with E-state index >= 15 is 0 Å². The van der Waals surface area contributed by atoms with Crippen molar-refractivity contribution in [3.05, 3.63) is 87.9 Å². The number of carbonyl (C=O) groups excluding carboxylic acids is 1. The number of nitrogens with one attached hydrogen (secondary N) is 1. The van der Waals surface area contributed by atoms with Gasteiger partial charge in [-0.2, -0.15) is 8.78 Å². The molecule has 3 aromatic carbocycles. The number of fused-ring (bicyclic) bond motifs is 1. The van der Waals surface area contributed by atoms with E-state index in [1.54, 1.807) is 30.3 Å². The van der Waals surface area contributed by atoms with Crippen LogP contribution in [0.4, 0.5) is 23.2 Å². The van der Waals surface area contributed by atoms with Crippen LogP contribution in [0.15, 0.2) is 63.8 Å². The molecule has 0 saturated heterocycles. The maximum Gasteiger partial charge on any atom is 0.424 e. The van der Waals surface area contributed by atoms with Crippen LogP contribution in [0, 0.1) is 11.6 Å². The fraction of sp³-hybridized carbons (Fsp3) is 0.167. The molecule has 0 unspecified atom stereocenters. The first kappa shape index (κ1) is 21.0. The second kappa shape index (κ2) is 7.91. The number of carbonyl (C=O) groups is 1. The highest BCUT2D eigenvalue weighted by Gasteiger charge is 2.32. The van der Waals surface area contributed by atoms with Gasteiger partial charge in [-0.3, -0.25) is 4.79 Å². The van der Waals surface area contributed by atoms with Gasteiger partial charge in [0.2, 0.25) is 0 Å². The number of hydrogen-bond acceptors (Lipinski definition) is 3. The molecule has 168 valence electrons. The average molecular weight is 456 g/mol. The summed E-state index contributed by atoms with van der Waals surface area (Å²) in [6, 6.07) is 12.7. The molecule has 1 fully saturated rings. The molecule has 1 aromatic heterocycles. The lowest BCUT2D eigenvalue weighted by Crippen LogP contribution is -2.15. The van der Waals surface area contributed by atoms with E-state index in [1.807, 2.05) is 0 Å². The Morgan fingerprint density at radius 1 is 1.00 bits per heavy atom. The molecular weight excluding hydrogens is 440 g/mol. The van der Waals surface area contributed by atoms with Gasteiger partial charge in [0.25, 0.3) is 5.91 Å². The molecule has 4 aromatic rings. The maximum absolute atomic E-state index is 13.8. The van der Waals surface area contributed by atoms with Crippen LogP contribution in [-0.4, -0.2) is 10.5 Å². The van der Waals surface area contributed by atoms with Crippen molar-refractivity contribution in [1.82, 2.24) is 4.57 Å². The maximum atomic E-state index is 13.8. The predicted molar refractivity (Wildman–Crippen MR) is 113 cm³/mol. The van der Waals surface area contributed by atoms with E-state index in [-0.39, 0.29) is 17.0 Å². The van der Waals surface area contributed by atoms with Crippen LogP contribution >= 0.6 is 0 Å². The molecule has 5 rings (SSSR count). The van der Waals surface area contributed by atoms with Gasteiger partial charge in [0.15, 0.2) is 5.58 Å². The Kier molecular flexibility index (Phi) is 5.03. The topological polar surface area (TPSA) is 64.2 Å². The molecule has 1 saturated carbocycles. The van der Waals surface area contributed by atoms with Crippen LogP contribution in [0.5, 0.6) is 0 Å². The van der Waals surface area contributed by atoms with Crippen molar-refractivity contribution in [3.63, 3.8) is 0 Å². The van der Waals surface area contributed by atoms with Crippen LogP contribution in [0.3, 0.4) is 0 Å². The summed E-state index contributed by atoms with van der Waals surface area (Å²) in [5, 5.41) is 2.46. The first-order chi connectivity index (χ1) is 15.8. The summed E-state index contributed by atoms with van der Waals surface area (Å²) >= 11 is 0. The SMILES string of the molecule is O=C(Nc1ccc(-c2ccc3c(oc(=O)n3C(F)F)c2C2CC2)cc1)c1c(F)cccc1F. The summed E-state index contributed by atoms with van der Waals surface area (Å²) in [5.41, 5.74) is 1.94. The first-order valence-electron chi connectivity index (χ1n) is 10.2. The Morgan fingerprint density at radius 3 is 2.27 bits per heavy atom. The second-order valence-corrected chi connectivity index (χ2v) is 7.79. The summed E-state index contributed by atoms with van der Waals surface area (Å²) in [7, 11) is 0. The van der Waals surface area contributed by atoms with Crippen molar-refractivity contribution in [3.8, 4) is 11.1 Å². The Labute approximate surface area is 184 Å². The zero-order valence-electron chi connectivity index (χ0n) is 16.9. The monoisotopic (exact) mass is 456 g/mol. The fourth-order valence-electron chi connectivity index (χ4n) is 3.98. The summed E-state index contributed by atoms with van der Waals surface area (Å²) in [4.78, 5) is 24.3. The third-order valence-corrected chi connectivity index (χ3v) is 5.65. The molecule has 1 aliphatic rings. The molecular formula is C24H16F4N2O3. The van der Waals surface area contributed by atoms with Gasteiger partial charge in [0, 0.05) is 11.3 Å². The van der Waals surface area contributed by atoms with Crippen molar-refractivity contribution in [2.24, 2.45) is 0 Å². The number of rotatable bonds is 5. The van der Waals surface area contributed by atoms with Crippen LogP contribution in [0.1, 0.15) is 41.2 Å². The smallest absolute Gasteiger partial charge is 0.407 e. The standard InChI is InChI=1S/C24H16F4N2O3/c25-16-2-1-3-17(26)20(16)22(31)29-14-8-6-12(7-9-14)15-10-11-18-21(19(15)13-4-5-13)33-24(32)30(18)23(27)28/h1-3,6-11,13,23H,4-5H2,(H,29,31). The summed E-state index contributed by atoms with van der Waals surface area (Å²) in [6.45, 7) is -3.01. The van der Waals surface area contributed by atoms with Crippen molar-refractivity contribution in [1.29, 1.82) is 0 Å². The van der Waals surface area contributed by atoms with Gasteiger partial charge in [0.1, 0.15) is 17.2 Å². The third-order valence-electron chi connectivity index (χ3n) is 5.65. The van der Waals surface area contributed by atoms with Crippen molar-refractivity contribution in [2.45, 2.75) is 25.3 Å². The Bertz CT molecular complexity index is 1420. The lowest BCUT2D eigenvalue weighted by molar-refractivity contribution is 0.0670. The predicted octanol–water partition coefficient (Wildman–Crippen LogP) is 6.06. The largest absolute Gasteiger partial charge is 0.424 e. The number of anilines is 1. The molecule has 0 bridgehead atoms. The number of amides is 1. The minimum atomic E-state index is -3.01. The third kappa shape index (κ3) is 3.69. The van der Waals surface area contributed by atoms with E-state index in [1.165, 1.54) is 12.1 Å². The van der Waals surface area contributed by atoms with Gasteiger partial charge >= 0.3 is 12.3 Å². The summed E-state index contributed by atoms with van der Waals surface area (Å²) in [6.07, 6.45) is 1.69. The molecule has 1 aliphatic carbocycles. The van der Waals surface area contributed by atoms with Crippen LogP contribution in [0.25, 0.3) is 22.2 Å². The molecule has 1 amide bonds. The lowest BCUT2D eigenvalue weighted by atomic mass is 9.95. The number of alkyl halides is 2. The van der Waals surface area contributed by atoms with E-state index in [2.05, 4.69) is 5.32 Å². The van der Waals surface area contributed by atoms with Crippen molar-refractivity contribution in [2.75, 3.05) is 5.32 Å². The molecule has 0 spiro atoms. The fourth-order valence-corrected chi connectivity index (χ4v) is 3.98. The Hall–Kier alpha value is -3.88. The number of oxazole rings is 1. The zero-order valence-corrected chi connectivity index (χ0v) is 16.9. The Balaban J connectivity index is 1.49. The van der Waals surface area contributed by atoms with Gasteiger partial charge < -0.3 is 9.73 Å². The molecule has 33 heavy (non-hydrogen) atoms. The van der Waals surface area contributed by atoms with Crippen LogP contribution in [0.2, 0.25) is 0 Å². The number of halogens is 4. The summed E-state index contributed by atoms with van der Waals surface area (Å²) in [5.74, 6) is -3.89. The van der Waals surface area contributed by atoms with E-state index in [9.17, 15) is 27.2 Å². The molecule has 0 atom stereocenters. The minimum Gasteiger partial charge on any atom is -0.407 e. The highest BCUT2D eigenvalue weighted by molar-refractivity contribution is 6.04. The Morgan fingerprint density at radius 2 is 1.67 bits per heavy atom. The molecule has 9 heteroatoms. The molecule has 1 N–H and O–H groups in total. The highest BCUT2D eigenvalue weighted by Crippen LogP contribution is 2.47. The van der Waals surface area contributed by atoms with E-state index < -0.39 is 35.4 Å². The van der Waals surface area contributed by atoms with Crippen LogP contribution in [-0.2, 0) is 0 Å². The lowest BCUT2D eigenvalue weighted by Gasteiger charge is -2.12. The van der Waals surface area contributed by atoms with Gasteiger partial charge in [-0.25, -0.2) is 18.1 Å². The number of hydrogen-bond donors (Lipinski definition) is 1. The minimum absolute atomic E-state index is 0.0384. The van der Waals surface area contributed by atoms with E-state index in [4.69, 9.17) is 4.42 Å². The number of nitrogens with zero attached hydrogens (tertiary/aromatic N) is 1. The average Bonchev–Trinajstić information content (AvgIpc) is 3.54. The van der Waals surface area contributed by atoms with Crippen molar-refractivity contribution >= 4 is 22.7 Å². The van der Waals surface area contributed by atoms with E-state index in [0.29, 0.717) is 21.4 Å². The van der Waals surface area contributed by atoms with Crippen molar-refractivity contribution < 1.29 is 26.8 Å². The quantitative estimate of drug-likeness (QED) is 0.371. The number of benzene rings is 3. The molecule has 0 aliphatic heterocycles. The normalized spacial score (nSPS) is 13.6. The second-order valence-electron chi connectivity index (χ2n) is 7.79. The van der Waals surface area contributed by atoms with Crippen LogP contribution < -0.4 is 11.1 Å². The van der Waals surface area contributed by atoms with Gasteiger partial charge in [-0.15, -0.1) is 0 Å². The van der Waals surface area contributed by atoms with E-state index in [0.717, 1.165) is 30.5 Å². The molecule has 0 radical (unpaired) electrons. The van der Waals surface area contributed by atoms with Gasteiger partial charge in [0.05, 0.1) is 5.52 Å². The summed E-state index contributed by atoms with van der Waals surface area (Å²) < 4.78 is 59.8. The van der Waals surface area contributed by atoms with Gasteiger partial charge in [-0.1, -0.05) is 24.3 Å². The first-order valence-corrected chi connectivity index (χ1v) is 10.2.